The number of halogens is 1. The number of fused-ring (bicyclic) bond motifs is 1. The first-order valence-electron chi connectivity index (χ1n) is 7.37. The van der Waals surface area contributed by atoms with Crippen LogP contribution in [0.2, 0.25) is 0 Å². The Labute approximate surface area is 132 Å². The molecule has 4 rings (SSSR count). The Bertz CT molecular complexity index is 740. The van der Waals surface area contributed by atoms with Gasteiger partial charge in [-0.3, -0.25) is 4.79 Å². The molecule has 2 heterocycles. The van der Waals surface area contributed by atoms with Gasteiger partial charge in [0.05, 0.1) is 11.5 Å². The van der Waals surface area contributed by atoms with Crippen LogP contribution in [0.4, 0.5) is 4.39 Å². The van der Waals surface area contributed by atoms with Gasteiger partial charge in [0.2, 0.25) is 0 Å². The highest BCUT2D eigenvalue weighted by atomic mass is 32.1. The molecule has 2 aliphatic rings. The summed E-state index contributed by atoms with van der Waals surface area (Å²) >= 11 is 1.39. The molecule has 1 aliphatic heterocycles. The average molecular weight is 317 g/mol. The SMILES string of the molecule is O=C(c1ccc(-c2cccc(F)c2)s1)N1C[C@H]2C[C@@]2(CO)C1. The van der Waals surface area contributed by atoms with Gasteiger partial charge in [-0.25, -0.2) is 4.39 Å². The van der Waals surface area contributed by atoms with Crippen molar-refractivity contribution in [3.63, 3.8) is 0 Å². The lowest BCUT2D eigenvalue weighted by molar-refractivity contribution is 0.0756. The summed E-state index contributed by atoms with van der Waals surface area (Å²) in [5, 5.41) is 9.44. The lowest BCUT2D eigenvalue weighted by Gasteiger charge is -2.19. The number of hydrogen-bond donors (Lipinski definition) is 1. The van der Waals surface area contributed by atoms with Crippen LogP contribution in [0.25, 0.3) is 10.4 Å². The van der Waals surface area contributed by atoms with E-state index in [2.05, 4.69) is 0 Å². The van der Waals surface area contributed by atoms with E-state index >= 15 is 0 Å². The fraction of sp³-hybridized carbons (Fsp3) is 0.353. The normalized spacial score (nSPS) is 26.1. The summed E-state index contributed by atoms with van der Waals surface area (Å²) in [5.41, 5.74) is 0.762. The van der Waals surface area contributed by atoms with Crippen LogP contribution in [0.1, 0.15) is 16.1 Å². The Morgan fingerprint density at radius 1 is 1.41 bits per heavy atom. The zero-order valence-electron chi connectivity index (χ0n) is 12.0. The van der Waals surface area contributed by atoms with Crippen molar-refractivity contribution in [2.45, 2.75) is 6.42 Å². The summed E-state index contributed by atoms with van der Waals surface area (Å²) in [6.45, 7) is 1.56. The molecule has 5 heteroatoms. The van der Waals surface area contributed by atoms with Gasteiger partial charge in [0.1, 0.15) is 5.82 Å². The maximum Gasteiger partial charge on any atom is 0.263 e. The number of aliphatic hydroxyl groups excluding tert-OH is 1. The van der Waals surface area contributed by atoms with Crippen LogP contribution in [-0.4, -0.2) is 35.6 Å². The number of rotatable bonds is 3. The molecule has 3 nitrogen and oxygen atoms in total. The molecule has 1 aliphatic carbocycles. The Kier molecular flexibility index (Phi) is 3.09. The number of thiophene rings is 1. The van der Waals surface area contributed by atoms with Gasteiger partial charge in [-0.15, -0.1) is 11.3 Å². The van der Waals surface area contributed by atoms with Crippen LogP contribution in [0.3, 0.4) is 0 Å². The predicted octanol–water partition coefficient (Wildman–Crippen LogP) is 3.01. The number of benzene rings is 1. The quantitative estimate of drug-likeness (QED) is 0.945. The molecule has 2 fully saturated rings. The highest BCUT2D eigenvalue weighted by Gasteiger charge is 2.60. The van der Waals surface area contributed by atoms with E-state index in [9.17, 15) is 14.3 Å². The molecule has 1 amide bonds. The number of hydrogen-bond acceptors (Lipinski definition) is 3. The summed E-state index contributed by atoms with van der Waals surface area (Å²) in [5.74, 6) is 0.208. The summed E-state index contributed by atoms with van der Waals surface area (Å²) in [6.07, 6.45) is 1.03. The van der Waals surface area contributed by atoms with Crippen molar-refractivity contribution < 1.29 is 14.3 Å². The minimum Gasteiger partial charge on any atom is -0.396 e. The van der Waals surface area contributed by atoms with Gasteiger partial charge in [-0.2, -0.15) is 0 Å². The van der Waals surface area contributed by atoms with Crippen LogP contribution < -0.4 is 0 Å². The molecule has 0 bridgehead atoms. The standard InChI is InChI=1S/C17H16FNO2S/c18-13-3-1-2-11(6-13)14-4-5-15(22-14)16(21)19-8-12-7-17(12,9-19)10-20/h1-6,12,20H,7-10H2/t12-,17+/m1/s1. The van der Waals surface area contributed by atoms with E-state index in [4.69, 9.17) is 0 Å². The molecule has 114 valence electrons. The third-order valence-corrected chi connectivity index (χ3v) is 5.96. The molecule has 0 spiro atoms. The Balaban J connectivity index is 1.53. The van der Waals surface area contributed by atoms with Crippen LogP contribution in [0.5, 0.6) is 0 Å². The molecular formula is C17H16FNO2S. The topological polar surface area (TPSA) is 40.5 Å². The van der Waals surface area contributed by atoms with Gasteiger partial charge in [-0.1, -0.05) is 12.1 Å². The molecule has 2 aromatic rings. The fourth-order valence-electron chi connectivity index (χ4n) is 3.40. The van der Waals surface area contributed by atoms with E-state index in [0.717, 1.165) is 23.4 Å². The molecule has 22 heavy (non-hydrogen) atoms. The second-order valence-electron chi connectivity index (χ2n) is 6.28. The van der Waals surface area contributed by atoms with Crippen molar-refractivity contribution >= 4 is 17.2 Å². The lowest BCUT2D eigenvalue weighted by Crippen LogP contribution is -2.32. The number of piperidine rings is 1. The van der Waals surface area contributed by atoms with Crippen LogP contribution in [0, 0.1) is 17.2 Å². The third-order valence-electron chi connectivity index (χ3n) is 4.83. The molecule has 0 unspecified atom stereocenters. The number of likely N-dealkylation sites (tertiary alicyclic amines) is 1. The highest BCUT2D eigenvalue weighted by molar-refractivity contribution is 7.17. The number of carbonyl (C=O) groups is 1. The summed E-state index contributed by atoms with van der Waals surface area (Å²) in [6, 6.07) is 10.1. The molecule has 1 saturated carbocycles. The first-order chi connectivity index (χ1) is 10.6. The van der Waals surface area contributed by atoms with E-state index in [1.807, 2.05) is 23.1 Å². The summed E-state index contributed by atoms with van der Waals surface area (Å²) in [4.78, 5) is 16.0. The second-order valence-corrected chi connectivity index (χ2v) is 7.37. The second kappa shape index (κ2) is 4.89. The zero-order valence-corrected chi connectivity index (χ0v) is 12.8. The Hall–Kier alpha value is -1.72. The van der Waals surface area contributed by atoms with E-state index in [1.165, 1.54) is 23.5 Å². The van der Waals surface area contributed by atoms with Crippen LogP contribution in [0.15, 0.2) is 36.4 Å². The van der Waals surface area contributed by atoms with Crippen molar-refractivity contribution in [1.29, 1.82) is 0 Å². The van der Waals surface area contributed by atoms with Crippen LogP contribution in [-0.2, 0) is 0 Å². The van der Waals surface area contributed by atoms with Crippen molar-refractivity contribution in [1.82, 2.24) is 4.90 Å². The molecular weight excluding hydrogens is 301 g/mol. The zero-order chi connectivity index (χ0) is 15.3. The minimum atomic E-state index is -0.275. The maximum atomic E-state index is 13.3. The van der Waals surface area contributed by atoms with Crippen molar-refractivity contribution in [3.05, 3.63) is 47.1 Å². The molecule has 0 radical (unpaired) electrons. The van der Waals surface area contributed by atoms with E-state index < -0.39 is 0 Å². The van der Waals surface area contributed by atoms with E-state index in [-0.39, 0.29) is 23.7 Å². The largest absolute Gasteiger partial charge is 0.396 e. The van der Waals surface area contributed by atoms with Crippen molar-refractivity contribution in [2.24, 2.45) is 11.3 Å². The average Bonchev–Trinajstić information content (AvgIpc) is 2.92. The maximum absolute atomic E-state index is 13.3. The van der Waals surface area contributed by atoms with E-state index in [0.29, 0.717) is 17.3 Å². The number of nitrogens with zero attached hydrogens (tertiary/aromatic N) is 1. The van der Waals surface area contributed by atoms with Crippen molar-refractivity contribution in [3.8, 4) is 10.4 Å². The van der Waals surface area contributed by atoms with Gasteiger partial charge in [0, 0.05) is 23.4 Å². The third kappa shape index (κ3) is 2.16. The van der Waals surface area contributed by atoms with Gasteiger partial charge >= 0.3 is 0 Å². The molecule has 1 saturated heterocycles. The summed E-state index contributed by atoms with van der Waals surface area (Å²) < 4.78 is 13.3. The smallest absolute Gasteiger partial charge is 0.263 e. The molecule has 2 atom stereocenters. The number of carbonyl (C=O) groups excluding carboxylic acids is 1. The van der Waals surface area contributed by atoms with Gasteiger partial charge in [0.25, 0.3) is 5.91 Å². The molecule has 1 N–H and O–H groups in total. The number of aliphatic hydroxyl groups is 1. The van der Waals surface area contributed by atoms with Crippen LogP contribution >= 0.6 is 11.3 Å². The van der Waals surface area contributed by atoms with Crippen molar-refractivity contribution in [2.75, 3.05) is 19.7 Å². The van der Waals surface area contributed by atoms with Gasteiger partial charge in [-0.05, 0) is 42.2 Å². The Morgan fingerprint density at radius 2 is 2.27 bits per heavy atom. The Morgan fingerprint density at radius 3 is 3.00 bits per heavy atom. The molecule has 1 aromatic heterocycles. The number of amides is 1. The minimum absolute atomic E-state index is 0.0210. The molecule has 1 aromatic carbocycles. The highest BCUT2D eigenvalue weighted by Crippen LogP contribution is 2.57. The lowest BCUT2D eigenvalue weighted by atomic mass is 10.1. The van der Waals surface area contributed by atoms with Gasteiger partial charge < -0.3 is 10.0 Å². The summed E-state index contributed by atoms with van der Waals surface area (Å²) in [7, 11) is 0. The first kappa shape index (κ1) is 13.9. The van der Waals surface area contributed by atoms with E-state index in [1.54, 1.807) is 6.07 Å². The predicted molar refractivity (Wildman–Crippen MR) is 83.2 cm³/mol. The van der Waals surface area contributed by atoms with Gasteiger partial charge in [0.15, 0.2) is 0 Å². The monoisotopic (exact) mass is 317 g/mol. The first-order valence-corrected chi connectivity index (χ1v) is 8.19. The fourth-order valence-corrected chi connectivity index (χ4v) is 4.37.